The number of amides is 2. The molecule has 1 heterocycles. The van der Waals surface area contributed by atoms with Gasteiger partial charge in [-0.15, -0.1) is 11.3 Å². The van der Waals surface area contributed by atoms with Gasteiger partial charge in [-0.3, -0.25) is 9.59 Å². The van der Waals surface area contributed by atoms with Crippen LogP contribution < -0.4 is 10.2 Å². The summed E-state index contributed by atoms with van der Waals surface area (Å²) in [5, 5.41) is 3.96. The molecule has 0 unspecified atom stereocenters. The van der Waals surface area contributed by atoms with Gasteiger partial charge in [-0.25, -0.2) is 0 Å². The van der Waals surface area contributed by atoms with Gasteiger partial charge in [-0.1, -0.05) is 30.3 Å². The lowest BCUT2D eigenvalue weighted by Gasteiger charge is -2.17. The molecule has 0 aliphatic rings. The monoisotopic (exact) mass is 366 g/mol. The summed E-state index contributed by atoms with van der Waals surface area (Å²) in [5.41, 5.74) is 2.03. The summed E-state index contributed by atoms with van der Waals surface area (Å²) >= 11 is 1.77. The first-order valence-electron chi connectivity index (χ1n) is 8.64. The van der Waals surface area contributed by atoms with Crippen molar-refractivity contribution in [3.8, 4) is 10.4 Å². The van der Waals surface area contributed by atoms with Gasteiger partial charge in [-0.2, -0.15) is 0 Å². The highest BCUT2D eigenvalue weighted by molar-refractivity contribution is 7.22. The maximum Gasteiger partial charge on any atom is 0.226 e. The highest BCUT2D eigenvalue weighted by Crippen LogP contribution is 2.34. The highest BCUT2D eigenvalue weighted by Gasteiger charge is 2.11. The minimum absolute atomic E-state index is 0.0463. The van der Waals surface area contributed by atoms with Crippen LogP contribution in [0.2, 0.25) is 0 Å². The normalized spacial score (nSPS) is 10.7. The molecule has 3 rings (SSSR count). The maximum atomic E-state index is 12.3. The molecular formula is C21H22N2O2S. The van der Waals surface area contributed by atoms with E-state index in [-0.39, 0.29) is 11.8 Å². The topological polar surface area (TPSA) is 49.4 Å². The summed E-state index contributed by atoms with van der Waals surface area (Å²) < 4.78 is 1.28. The number of nitrogens with zero attached hydrogens (tertiary/aromatic N) is 1. The summed E-state index contributed by atoms with van der Waals surface area (Å²) in [7, 11) is 1.79. The fourth-order valence-electron chi connectivity index (χ4n) is 2.79. The quantitative estimate of drug-likeness (QED) is 0.655. The number of benzene rings is 2. The maximum absolute atomic E-state index is 12.3. The van der Waals surface area contributed by atoms with Crippen LogP contribution in [0, 0.1) is 0 Å². The average molecular weight is 366 g/mol. The number of carbonyl (C=O) groups excluding carboxylic acids is 2. The molecule has 0 saturated carbocycles. The van der Waals surface area contributed by atoms with Crippen LogP contribution in [0.5, 0.6) is 0 Å². The average Bonchev–Trinajstić information content (AvgIpc) is 3.08. The number of fused-ring (bicyclic) bond motifs is 1. The third-order valence-corrected chi connectivity index (χ3v) is 5.45. The molecule has 5 heteroatoms. The molecule has 134 valence electrons. The summed E-state index contributed by atoms with van der Waals surface area (Å²) in [6, 6.07) is 18.6. The number of carbonyl (C=O) groups is 2. The van der Waals surface area contributed by atoms with Gasteiger partial charge in [-0.05, 0) is 41.6 Å². The van der Waals surface area contributed by atoms with Crippen molar-refractivity contribution in [3.63, 3.8) is 0 Å². The van der Waals surface area contributed by atoms with Crippen molar-refractivity contribution in [2.24, 2.45) is 0 Å². The van der Waals surface area contributed by atoms with Crippen LogP contribution in [0.15, 0.2) is 54.6 Å². The number of thiophene rings is 1. The predicted molar refractivity (Wildman–Crippen MR) is 109 cm³/mol. The molecule has 26 heavy (non-hydrogen) atoms. The Morgan fingerprint density at radius 3 is 2.50 bits per heavy atom. The molecule has 0 atom stereocenters. The second kappa shape index (κ2) is 8.15. The first-order valence-corrected chi connectivity index (χ1v) is 9.46. The first kappa shape index (κ1) is 18.1. The standard InChI is InChI=1S/C21H22N2O2S/c1-15(24)22-13-5-8-21(25)23(2)18-11-9-16(10-12-18)20-14-17-6-3-4-7-19(17)26-20/h3-4,6-7,9-12,14H,5,8,13H2,1-2H3,(H,22,24). The van der Waals surface area contributed by atoms with Crippen molar-refractivity contribution in [1.29, 1.82) is 0 Å². The molecule has 1 N–H and O–H groups in total. The van der Waals surface area contributed by atoms with E-state index in [4.69, 9.17) is 0 Å². The third-order valence-electron chi connectivity index (χ3n) is 4.28. The van der Waals surface area contributed by atoms with E-state index in [1.807, 2.05) is 12.1 Å². The Morgan fingerprint density at radius 1 is 1.08 bits per heavy atom. The number of rotatable bonds is 6. The van der Waals surface area contributed by atoms with Crippen LogP contribution in [0.25, 0.3) is 20.5 Å². The lowest BCUT2D eigenvalue weighted by atomic mass is 10.1. The molecule has 4 nitrogen and oxygen atoms in total. The predicted octanol–water partition coefficient (Wildman–Crippen LogP) is 4.45. The van der Waals surface area contributed by atoms with Crippen LogP contribution >= 0.6 is 11.3 Å². The Balaban J connectivity index is 1.64. The zero-order valence-corrected chi connectivity index (χ0v) is 15.8. The van der Waals surface area contributed by atoms with Crippen molar-refractivity contribution in [2.75, 3.05) is 18.5 Å². The van der Waals surface area contributed by atoms with Crippen molar-refractivity contribution >= 4 is 38.9 Å². The molecule has 2 amide bonds. The molecule has 0 bridgehead atoms. The SMILES string of the molecule is CC(=O)NCCCC(=O)N(C)c1ccc(-c2cc3ccccc3s2)cc1. The van der Waals surface area contributed by atoms with Gasteiger partial charge in [0, 0.05) is 42.2 Å². The molecule has 0 radical (unpaired) electrons. The Bertz CT molecular complexity index is 882. The Morgan fingerprint density at radius 2 is 1.81 bits per heavy atom. The van der Waals surface area contributed by atoms with Crippen molar-refractivity contribution < 1.29 is 9.59 Å². The Hall–Kier alpha value is -2.66. The minimum atomic E-state index is -0.0670. The van der Waals surface area contributed by atoms with Crippen molar-refractivity contribution in [1.82, 2.24) is 5.32 Å². The second-order valence-electron chi connectivity index (χ2n) is 6.23. The summed E-state index contributed by atoms with van der Waals surface area (Å²) in [5.74, 6) is -0.0207. The molecule has 0 saturated heterocycles. The van der Waals surface area contributed by atoms with Gasteiger partial charge in [0.1, 0.15) is 0 Å². The molecule has 1 aromatic heterocycles. The number of anilines is 1. The summed E-state index contributed by atoms with van der Waals surface area (Å²) in [4.78, 5) is 26.0. The number of hydrogen-bond donors (Lipinski definition) is 1. The van der Waals surface area contributed by atoms with Crippen LogP contribution in [0.1, 0.15) is 19.8 Å². The fraction of sp³-hybridized carbons (Fsp3) is 0.238. The van der Waals surface area contributed by atoms with E-state index >= 15 is 0 Å². The molecule has 3 aromatic rings. The second-order valence-corrected chi connectivity index (χ2v) is 7.32. The van der Waals surface area contributed by atoms with E-state index in [0.29, 0.717) is 19.4 Å². The smallest absolute Gasteiger partial charge is 0.226 e. The van der Waals surface area contributed by atoms with E-state index in [1.54, 1.807) is 23.3 Å². The summed E-state index contributed by atoms with van der Waals surface area (Å²) in [6.45, 7) is 2.01. The van der Waals surface area contributed by atoms with Crippen LogP contribution in [-0.2, 0) is 9.59 Å². The van der Waals surface area contributed by atoms with Gasteiger partial charge in [0.25, 0.3) is 0 Å². The van der Waals surface area contributed by atoms with Gasteiger partial charge >= 0.3 is 0 Å². The molecular weight excluding hydrogens is 344 g/mol. The zero-order valence-electron chi connectivity index (χ0n) is 15.0. The van der Waals surface area contributed by atoms with Crippen molar-refractivity contribution in [2.45, 2.75) is 19.8 Å². The van der Waals surface area contributed by atoms with Crippen molar-refractivity contribution in [3.05, 3.63) is 54.6 Å². The molecule has 2 aromatic carbocycles. The molecule has 0 spiro atoms. The Kier molecular flexibility index (Phi) is 5.68. The van der Waals surface area contributed by atoms with E-state index in [9.17, 15) is 9.59 Å². The largest absolute Gasteiger partial charge is 0.356 e. The summed E-state index contributed by atoms with van der Waals surface area (Å²) in [6.07, 6.45) is 1.05. The number of nitrogens with one attached hydrogen (secondary N) is 1. The van der Waals surface area contributed by atoms with Crippen LogP contribution in [-0.4, -0.2) is 25.4 Å². The molecule has 0 aliphatic carbocycles. The van der Waals surface area contributed by atoms with Crippen LogP contribution in [0.4, 0.5) is 5.69 Å². The fourth-order valence-corrected chi connectivity index (χ4v) is 3.86. The molecule has 0 aliphatic heterocycles. The lowest BCUT2D eigenvalue weighted by Crippen LogP contribution is -2.28. The zero-order chi connectivity index (χ0) is 18.5. The van der Waals surface area contributed by atoms with E-state index in [1.165, 1.54) is 21.9 Å². The highest BCUT2D eigenvalue weighted by atomic mass is 32.1. The van der Waals surface area contributed by atoms with E-state index < -0.39 is 0 Å². The Labute approximate surface area is 157 Å². The van der Waals surface area contributed by atoms with E-state index in [0.717, 1.165) is 11.3 Å². The minimum Gasteiger partial charge on any atom is -0.356 e. The van der Waals surface area contributed by atoms with Gasteiger partial charge in [0.05, 0.1) is 0 Å². The van der Waals surface area contributed by atoms with Gasteiger partial charge in [0.2, 0.25) is 11.8 Å². The number of hydrogen-bond acceptors (Lipinski definition) is 3. The first-order chi connectivity index (χ1) is 12.5. The van der Waals surface area contributed by atoms with Gasteiger partial charge in [0.15, 0.2) is 0 Å². The third kappa shape index (κ3) is 4.29. The van der Waals surface area contributed by atoms with E-state index in [2.05, 4.69) is 47.8 Å². The van der Waals surface area contributed by atoms with Gasteiger partial charge < -0.3 is 10.2 Å². The van der Waals surface area contributed by atoms with Crippen LogP contribution in [0.3, 0.4) is 0 Å². The lowest BCUT2D eigenvalue weighted by molar-refractivity contribution is -0.120. The molecule has 0 fully saturated rings.